The maximum atomic E-state index is 12.5. The van der Waals surface area contributed by atoms with E-state index in [0.717, 1.165) is 16.5 Å². The van der Waals surface area contributed by atoms with Gasteiger partial charge in [0, 0.05) is 31.4 Å². The maximum Gasteiger partial charge on any atom is 0.240 e. The third kappa shape index (κ3) is 5.33. The molecule has 0 aliphatic rings. The Hall–Kier alpha value is -3.56. The molecule has 0 radical (unpaired) electrons. The molecule has 0 atom stereocenters. The Morgan fingerprint density at radius 1 is 0.968 bits per heavy atom. The van der Waals surface area contributed by atoms with Gasteiger partial charge >= 0.3 is 0 Å². The zero-order chi connectivity index (χ0) is 21.7. The van der Waals surface area contributed by atoms with Crippen molar-refractivity contribution in [2.75, 3.05) is 11.9 Å². The van der Waals surface area contributed by atoms with Crippen molar-refractivity contribution in [3.8, 4) is 0 Å². The van der Waals surface area contributed by atoms with Gasteiger partial charge in [-0.05, 0) is 35.0 Å². The highest BCUT2D eigenvalue weighted by Crippen LogP contribution is 2.18. The predicted molar refractivity (Wildman–Crippen MR) is 118 cm³/mol. The summed E-state index contributed by atoms with van der Waals surface area (Å²) < 4.78 is 29.2. The monoisotopic (exact) mass is 435 g/mol. The van der Waals surface area contributed by atoms with Crippen LogP contribution in [0.25, 0.3) is 10.8 Å². The number of anilines is 1. The molecule has 2 aromatic heterocycles. The van der Waals surface area contributed by atoms with Crippen LogP contribution in [-0.4, -0.2) is 35.6 Å². The SMILES string of the molecule is O=C(CCNS(=O)(=O)c1ccc2ccccc2c1)Nc1ccn(Cc2ccccn2)n1. The second kappa shape index (κ2) is 9.07. The lowest BCUT2D eigenvalue weighted by Gasteiger charge is -2.08. The highest BCUT2D eigenvalue weighted by molar-refractivity contribution is 7.89. The molecule has 4 aromatic rings. The van der Waals surface area contributed by atoms with Crippen LogP contribution >= 0.6 is 0 Å². The van der Waals surface area contributed by atoms with Crippen LogP contribution in [0.3, 0.4) is 0 Å². The van der Waals surface area contributed by atoms with Gasteiger partial charge < -0.3 is 5.32 Å². The van der Waals surface area contributed by atoms with E-state index in [1.807, 2.05) is 42.5 Å². The summed E-state index contributed by atoms with van der Waals surface area (Å²) in [6.45, 7) is 0.470. The summed E-state index contributed by atoms with van der Waals surface area (Å²) in [6, 6.07) is 19.8. The molecule has 0 saturated carbocycles. The first-order valence-electron chi connectivity index (χ1n) is 9.71. The standard InChI is InChI=1S/C22H21N5O3S/c28-22(25-21-11-14-27(26-21)16-19-7-3-4-12-23-19)10-13-24-31(29,30)20-9-8-17-5-1-2-6-18(17)15-20/h1-9,11-12,14-15,24H,10,13,16H2,(H,25,26,28). The minimum absolute atomic E-state index is 0.0140. The summed E-state index contributed by atoms with van der Waals surface area (Å²) in [7, 11) is -3.71. The van der Waals surface area contributed by atoms with Gasteiger partial charge in [-0.3, -0.25) is 14.5 Å². The van der Waals surface area contributed by atoms with E-state index in [0.29, 0.717) is 12.4 Å². The summed E-state index contributed by atoms with van der Waals surface area (Å²) in [6.07, 6.45) is 3.44. The molecule has 0 saturated heterocycles. The number of rotatable bonds is 8. The molecular formula is C22H21N5O3S. The van der Waals surface area contributed by atoms with Crippen molar-refractivity contribution in [1.82, 2.24) is 19.5 Å². The number of nitrogens with zero attached hydrogens (tertiary/aromatic N) is 3. The van der Waals surface area contributed by atoms with Crippen molar-refractivity contribution in [2.45, 2.75) is 17.9 Å². The molecule has 0 bridgehead atoms. The number of aromatic nitrogens is 3. The lowest BCUT2D eigenvalue weighted by Crippen LogP contribution is -2.28. The molecule has 9 heteroatoms. The zero-order valence-electron chi connectivity index (χ0n) is 16.6. The van der Waals surface area contributed by atoms with E-state index in [1.54, 1.807) is 41.3 Å². The number of hydrogen-bond donors (Lipinski definition) is 2. The summed E-state index contributed by atoms with van der Waals surface area (Å²) in [4.78, 5) is 16.6. The van der Waals surface area contributed by atoms with Crippen molar-refractivity contribution < 1.29 is 13.2 Å². The van der Waals surface area contributed by atoms with E-state index < -0.39 is 10.0 Å². The fraction of sp³-hybridized carbons (Fsp3) is 0.136. The predicted octanol–water partition coefficient (Wildman–Crippen LogP) is 2.79. The van der Waals surface area contributed by atoms with Gasteiger partial charge in [0.15, 0.2) is 5.82 Å². The number of carbonyl (C=O) groups excluding carboxylic acids is 1. The largest absolute Gasteiger partial charge is 0.309 e. The summed E-state index contributed by atoms with van der Waals surface area (Å²) in [5, 5.41) is 8.76. The number of amides is 1. The number of hydrogen-bond acceptors (Lipinski definition) is 5. The van der Waals surface area contributed by atoms with Gasteiger partial charge in [0.05, 0.1) is 17.1 Å². The van der Waals surface area contributed by atoms with E-state index in [4.69, 9.17) is 0 Å². The van der Waals surface area contributed by atoms with Crippen LogP contribution in [-0.2, 0) is 21.4 Å². The molecule has 1 amide bonds. The average molecular weight is 436 g/mol. The normalized spacial score (nSPS) is 11.5. The average Bonchev–Trinajstić information content (AvgIpc) is 3.20. The van der Waals surface area contributed by atoms with E-state index in [1.165, 1.54) is 0 Å². The second-order valence-electron chi connectivity index (χ2n) is 6.92. The summed E-state index contributed by atoms with van der Waals surface area (Å²) >= 11 is 0. The lowest BCUT2D eigenvalue weighted by molar-refractivity contribution is -0.116. The Morgan fingerprint density at radius 2 is 1.77 bits per heavy atom. The Morgan fingerprint density at radius 3 is 2.58 bits per heavy atom. The highest BCUT2D eigenvalue weighted by atomic mass is 32.2. The fourth-order valence-corrected chi connectivity index (χ4v) is 4.16. The van der Waals surface area contributed by atoms with Crippen molar-refractivity contribution in [2.24, 2.45) is 0 Å². The molecule has 0 aliphatic heterocycles. The Bertz CT molecular complexity index is 1300. The lowest BCUT2D eigenvalue weighted by atomic mass is 10.1. The van der Waals surface area contributed by atoms with E-state index in [2.05, 4.69) is 20.1 Å². The van der Waals surface area contributed by atoms with Crippen LogP contribution in [0, 0.1) is 0 Å². The fourth-order valence-electron chi connectivity index (χ4n) is 3.10. The zero-order valence-corrected chi connectivity index (χ0v) is 17.4. The smallest absolute Gasteiger partial charge is 0.240 e. The van der Waals surface area contributed by atoms with E-state index in [-0.39, 0.29) is 23.8 Å². The summed E-state index contributed by atoms with van der Waals surface area (Å²) in [5.41, 5.74) is 0.853. The minimum Gasteiger partial charge on any atom is -0.309 e. The first kappa shape index (κ1) is 20.7. The first-order chi connectivity index (χ1) is 15.0. The molecule has 2 aromatic carbocycles. The highest BCUT2D eigenvalue weighted by Gasteiger charge is 2.15. The minimum atomic E-state index is -3.71. The van der Waals surface area contributed by atoms with Gasteiger partial charge in [-0.1, -0.05) is 36.4 Å². The van der Waals surface area contributed by atoms with Crippen molar-refractivity contribution in [3.63, 3.8) is 0 Å². The molecule has 2 heterocycles. The molecule has 0 fully saturated rings. The van der Waals surface area contributed by atoms with Crippen molar-refractivity contribution >= 4 is 32.5 Å². The molecular weight excluding hydrogens is 414 g/mol. The van der Waals surface area contributed by atoms with Gasteiger partial charge in [-0.15, -0.1) is 0 Å². The van der Waals surface area contributed by atoms with Crippen LogP contribution in [0.1, 0.15) is 12.1 Å². The molecule has 2 N–H and O–H groups in total. The number of nitrogens with one attached hydrogen (secondary N) is 2. The third-order valence-corrected chi connectivity index (χ3v) is 6.09. The number of sulfonamides is 1. The molecule has 0 spiro atoms. The van der Waals surface area contributed by atoms with Crippen LogP contribution < -0.4 is 10.0 Å². The van der Waals surface area contributed by atoms with Gasteiger partial charge in [0.2, 0.25) is 15.9 Å². The molecule has 31 heavy (non-hydrogen) atoms. The second-order valence-corrected chi connectivity index (χ2v) is 8.69. The third-order valence-electron chi connectivity index (χ3n) is 4.63. The molecule has 158 valence electrons. The molecule has 8 nitrogen and oxygen atoms in total. The van der Waals surface area contributed by atoms with Crippen LogP contribution in [0.5, 0.6) is 0 Å². The molecule has 4 rings (SSSR count). The number of fused-ring (bicyclic) bond motifs is 1. The number of benzene rings is 2. The Labute approximate surface area is 180 Å². The molecule has 0 aliphatic carbocycles. The topological polar surface area (TPSA) is 106 Å². The van der Waals surface area contributed by atoms with Crippen molar-refractivity contribution in [3.05, 3.63) is 84.8 Å². The molecule has 0 unspecified atom stereocenters. The van der Waals surface area contributed by atoms with Gasteiger partial charge in [0.25, 0.3) is 0 Å². The summed E-state index contributed by atoms with van der Waals surface area (Å²) in [5.74, 6) is 0.0719. The van der Waals surface area contributed by atoms with E-state index in [9.17, 15) is 13.2 Å². The maximum absolute atomic E-state index is 12.5. The van der Waals surface area contributed by atoms with Gasteiger partial charge in [0.1, 0.15) is 0 Å². The quantitative estimate of drug-likeness (QED) is 0.443. The number of pyridine rings is 1. The van der Waals surface area contributed by atoms with Crippen LogP contribution in [0.15, 0.2) is 84.0 Å². The van der Waals surface area contributed by atoms with Gasteiger partial charge in [-0.25, -0.2) is 13.1 Å². The van der Waals surface area contributed by atoms with Crippen molar-refractivity contribution in [1.29, 1.82) is 0 Å². The van der Waals surface area contributed by atoms with Crippen LogP contribution in [0.2, 0.25) is 0 Å². The van der Waals surface area contributed by atoms with Gasteiger partial charge in [-0.2, -0.15) is 5.10 Å². The van der Waals surface area contributed by atoms with E-state index >= 15 is 0 Å². The van der Waals surface area contributed by atoms with Crippen LogP contribution in [0.4, 0.5) is 5.82 Å². The first-order valence-corrected chi connectivity index (χ1v) is 11.2. The Kier molecular flexibility index (Phi) is 6.06. The Balaban J connectivity index is 1.29. The number of carbonyl (C=O) groups is 1.